The first-order valence-electron chi connectivity index (χ1n) is 7.53. The molecule has 0 saturated heterocycles. The SMILES string of the molecule is Cc1ccc(C(=O)N/N=C\c2ccc(Sc3ccc(Cl)cc3)o2)cc1. The normalized spacial score (nSPS) is 11.0. The maximum absolute atomic E-state index is 11.9. The number of furan rings is 1. The van der Waals surface area contributed by atoms with Gasteiger partial charge in [0.1, 0.15) is 5.76 Å². The van der Waals surface area contributed by atoms with Gasteiger partial charge in [-0.2, -0.15) is 5.10 Å². The highest BCUT2D eigenvalue weighted by Crippen LogP contribution is 2.29. The van der Waals surface area contributed by atoms with Gasteiger partial charge in [0, 0.05) is 15.5 Å². The van der Waals surface area contributed by atoms with Gasteiger partial charge in [0.25, 0.3) is 5.91 Å². The fraction of sp³-hybridized carbons (Fsp3) is 0.0526. The smallest absolute Gasteiger partial charge is 0.271 e. The number of nitrogens with one attached hydrogen (secondary N) is 1. The number of hydrazone groups is 1. The molecule has 6 heteroatoms. The number of aryl methyl sites for hydroxylation is 1. The topological polar surface area (TPSA) is 54.6 Å². The molecule has 0 fully saturated rings. The van der Waals surface area contributed by atoms with Gasteiger partial charge in [-0.05, 0) is 55.5 Å². The van der Waals surface area contributed by atoms with Crippen LogP contribution in [0.25, 0.3) is 0 Å². The van der Waals surface area contributed by atoms with Gasteiger partial charge in [-0.3, -0.25) is 4.79 Å². The van der Waals surface area contributed by atoms with Crippen molar-refractivity contribution in [3.63, 3.8) is 0 Å². The van der Waals surface area contributed by atoms with Crippen LogP contribution in [0.15, 0.2) is 80.2 Å². The minimum atomic E-state index is -0.265. The van der Waals surface area contributed by atoms with Crippen LogP contribution in [-0.4, -0.2) is 12.1 Å². The van der Waals surface area contributed by atoms with Crippen molar-refractivity contribution in [3.05, 3.63) is 82.6 Å². The van der Waals surface area contributed by atoms with E-state index in [0.717, 1.165) is 15.6 Å². The summed E-state index contributed by atoms with van der Waals surface area (Å²) in [5, 5.41) is 5.35. The van der Waals surface area contributed by atoms with Crippen LogP contribution in [0.4, 0.5) is 0 Å². The van der Waals surface area contributed by atoms with E-state index in [4.69, 9.17) is 16.0 Å². The lowest BCUT2D eigenvalue weighted by Gasteiger charge is -1.99. The molecule has 0 atom stereocenters. The molecule has 0 aliphatic heterocycles. The largest absolute Gasteiger partial charge is 0.448 e. The number of carbonyl (C=O) groups is 1. The molecule has 0 bridgehead atoms. The lowest BCUT2D eigenvalue weighted by atomic mass is 10.1. The Morgan fingerprint density at radius 3 is 2.52 bits per heavy atom. The minimum absolute atomic E-state index is 0.265. The van der Waals surface area contributed by atoms with Gasteiger partial charge in [0.2, 0.25) is 0 Å². The van der Waals surface area contributed by atoms with Gasteiger partial charge in [-0.1, -0.05) is 41.1 Å². The van der Waals surface area contributed by atoms with Crippen molar-refractivity contribution in [1.29, 1.82) is 0 Å². The van der Waals surface area contributed by atoms with Gasteiger partial charge in [-0.15, -0.1) is 0 Å². The summed E-state index contributed by atoms with van der Waals surface area (Å²) >= 11 is 7.35. The van der Waals surface area contributed by atoms with E-state index in [1.54, 1.807) is 18.2 Å². The number of halogens is 1. The zero-order valence-corrected chi connectivity index (χ0v) is 15.0. The van der Waals surface area contributed by atoms with Gasteiger partial charge in [0.15, 0.2) is 5.09 Å². The van der Waals surface area contributed by atoms with E-state index in [-0.39, 0.29) is 5.91 Å². The second kappa shape index (κ2) is 8.05. The summed E-state index contributed by atoms with van der Waals surface area (Å²) in [5.41, 5.74) is 4.14. The van der Waals surface area contributed by atoms with Crippen molar-refractivity contribution < 1.29 is 9.21 Å². The number of rotatable bonds is 5. The third-order valence-corrected chi connectivity index (χ3v) is 4.49. The Labute approximate surface area is 154 Å². The van der Waals surface area contributed by atoms with Crippen molar-refractivity contribution in [2.24, 2.45) is 5.10 Å². The predicted molar refractivity (Wildman–Crippen MR) is 101 cm³/mol. The molecule has 4 nitrogen and oxygen atoms in total. The Balaban J connectivity index is 1.57. The standard InChI is InChI=1S/C19H15ClN2O2S/c1-13-2-4-14(5-3-13)19(23)22-21-12-16-8-11-18(24-16)25-17-9-6-15(20)7-10-17/h2-12H,1H3,(H,22,23)/b21-12-. The van der Waals surface area contributed by atoms with E-state index in [0.29, 0.717) is 16.3 Å². The first kappa shape index (κ1) is 17.3. The average molecular weight is 371 g/mol. The molecule has 2 aromatic carbocycles. The Bertz CT molecular complexity index is 887. The molecule has 25 heavy (non-hydrogen) atoms. The molecule has 1 N–H and O–H groups in total. The zero-order valence-electron chi connectivity index (χ0n) is 13.4. The van der Waals surface area contributed by atoms with Crippen LogP contribution in [0.3, 0.4) is 0 Å². The summed E-state index contributed by atoms with van der Waals surface area (Å²) in [5.74, 6) is 0.291. The van der Waals surface area contributed by atoms with Crippen molar-refractivity contribution in [2.75, 3.05) is 0 Å². The number of hydrogen-bond acceptors (Lipinski definition) is 4. The molecular weight excluding hydrogens is 356 g/mol. The van der Waals surface area contributed by atoms with E-state index in [1.165, 1.54) is 18.0 Å². The van der Waals surface area contributed by atoms with Crippen molar-refractivity contribution in [2.45, 2.75) is 16.9 Å². The Kier molecular flexibility index (Phi) is 5.58. The van der Waals surface area contributed by atoms with Crippen LogP contribution in [0.2, 0.25) is 5.02 Å². The molecule has 0 saturated carbocycles. The molecule has 0 aliphatic rings. The molecule has 126 valence electrons. The predicted octanol–water partition coefficient (Wildman–Crippen LogP) is 5.16. The van der Waals surface area contributed by atoms with Gasteiger partial charge in [-0.25, -0.2) is 5.43 Å². The summed E-state index contributed by atoms with van der Waals surface area (Å²) in [6.45, 7) is 1.97. The van der Waals surface area contributed by atoms with E-state index in [2.05, 4.69) is 10.5 Å². The lowest BCUT2D eigenvalue weighted by Crippen LogP contribution is -2.17. The molecular formula is C19H15ClN2O2S. The molecule has 1 amide bonds. The van der Waals surface area contributed by atoms with Crippen LogP contribution in [-0.2, 0) is 0 Å². The number of benzene rings is 2. The maximum Gasteiger partial charge on any atom is 0.271 e. The van der Waals surface area contributed by atoms with Gasteiger partial charge >= 0.3 is 0 Å². The van der Waals surface area contributed by atoms with E-state index in [9.17, 15) is 4.79 Å². The van der Waals surface area contributed by atoms with Crippen LogP contribution in [0.5, 0.6) is 0 Å². The molecule has 3 aromatic rings. The maximum atomic E-state index is 11.9. The zero-order chi connectivity index (χ0) is 17.6. The number of carbonyl (C=O) groups excluding carboxylic acids is 1. The van der Waals surface area contributed by atoms with Crippen molar-refractivity contribution in [1.82, 2.24) is 5.43 Å². The molecule has 1 heterocycles. The first-order chi connectivity index (χ1) is 12.1. The molecule has 3 rings (SSSR count). The average Bonchev–Trinajstić information content (AvgIpc) is 3.05. The highest BCUT2D eigenvalue weighted by molar-refractivity contribution is 7.99. The Morgan fingerprint density at radius 1 is 1.08 bits per heavy atom. The Hall–Kier alpha value is -2.50. The fourth-order valence-electron chi connectivity index (χ4n) is 2.00. The van der Waals surface area contributed by atoms with Gasteiger partial charge < -0.3 is 4.42 Å². The van der Waals surface area contributed by atoms with Gasteiger partial charge in [0.05, 0.1) is 6.21 Å². The van der Waals surface area contributed by atoms with Crippen molar-refractivity contribution in [3.8, 4) is 0 Å². The van der Waals surface area contributed by atoms with Crippen LogP contribution in [0.1, 0.15) is 21.7 Å². The number of amides is 1. The lowest BCUT2D eigenvalue weighted by molar-refractivity contribution is 0.0955. The monoisotopic (exact) mass is 370 g/mol. The Morgan fingerprint density at radius 2 is 1.80 bits per heavy atom. The highest BCUT2D eigenvalue weighted by atomic mass is 35.5. The third-order valence-electron chi connectivity index (χ3n) is 3.31. The molecule has 0 spiro atoms. The number of nitrogens with zero attached hydrogens (tertiary/aromatic N) is 1. The summed E-state index contributed by atoms with van der Waals surface area (Å²) in [6, 6.07) is 18.4. The van der Waals surface area contributed by atoms with E-state index >= 15 is 0 Å². The molecule has 1 aromatic heterocycles. The third kappa shape index (κ3) is 4.98. The van der Waals surface area contributed by atoms with Crippen LogP contribution in [0, 0.1) is 6.92 Å². The molecule has 0 unspecified atom stereocenters. The summed E-state index contributed by atoms with van der Waals surface area (Å²) in [4.78, 5) is 13.0. The summed E-state index contributed by atoms with van der Waals surface area (Å²) < 4.78 is 5.65. The minimum Gasteiger partial charge on any atom is -0.448 e. The molecule has 0 radical (unpaired) electrons. The second-order valence-corrected chi connectivity index (χ2v) is 6.79. The van der Waals surface area contributed by atoms with Crippen LogP contribution >= 0.6 is 23.4 Å². The van der Waals surface area contributed by atoms with E-state index < -0.39 is 0 Å². The van der Waals surface area contributed by atoms with Crippen molar-refractivity contribution >= 4 is 35.5 Å². The van der Waals surface area contributed by atoms with E-state index in [1.807, 2.05) is 49.4 Å². The quantitative estimate of drug-likeness (QED) is 0.498. The number of hydrogen-bond donors (Lipinski definition) is 1. The highest BCUT2D eigenvalue weighted by Gasteiger charge is 2.05. The summed E-state index contributed by atoms with van der Waals surface area (Å²) in [6.07, 6.45) is 1.47. The van der Waals surface area contributed by atoms with Crippen LogP contribution < -0.4 is 5.43 Å². The molecule has 0 aliphatic carbocycles. The second-order valence-electron chi connectivity index (χ2n) is 5.28. The summed E-state index contributed by atoms with van der Waals surface area (Å²) in [7, 11) is 0. The fourth-order valence-corrected chi connectivity index (χ4v) is 2.91. The first-order valence-corrected chi connectivity index (χ1v) is 8.73.